The van der Waals surface area contributed by atoms with Crippen LogP contribution in [0.4, 0.5) is 0 Å². The van der Waals surface area contributed by atoms with Gasteiger partial charge in [-0.05, 0) is 18.2 Å². The molecule has 0 spiro atoms. The van der Waals surface area contributed by atoms with E-state index in [0.29, 0.717) is 24.6 Å². The first-order valence-electron chi connectivity index (χ1n) is 6.62. The van der Waals surface area contributed by atoms with Crippen LogP contribution < -0.4 is 5.32 Å². The molecular weight excluding hydrogens is 258 g/mol. The first-order valence-corrected chi connectivity index (χ1v) is 7.91. The van der Waals surface area contributed by atoms with Gasteiger partial charge in [-0.25, -0.2) is 0 Å². The molecule has 2 atom stereocenters. The van der Waals surface area contributed by atoms with E-state index in [1.165, 1.54) is 0 Å². The molecular formula is C15H23NO2S. The van der Waals surface area contributed by atoms with E-state index in [0.717, 1.165) is 5.56 Å². The number of hydrogen-bond donors (Lipinski definition) is 2. The van der Waals surface area contributed by atoms with Crippen LogP contribution >= 0.6 is 11.8 Å². The Kier molecular flexibility index (Phi) is 7.60. The summed E-state index contributed by atoms with van der Waals surface area (Å²) in [4.78, 5) is 11.8. The van der Waals surface area contributed by atoms with Crippen molar-refractivity contribution in [3.05, 3.63) is 35.9 Å². The maximum atomic E-state index is 11.8. The normalized spacial score (nSPS) is 13.8. The topological polar surface area (TPSA) is 49.3 Å². The van der Waals surface area contributed by atoms with E-state index in [1.807, 2.05) is 43.5 Å². The maximum Gasteiger partial charge on any atom is 0.221 e. The fourth-order valence-corrected chi connectivity index (χ4v) is 2.24. The minimum atomic E-state index is 0.0840. The number of carbonyl (C=O) groups excluding carboxylic acids is 1. The van der Waals surface area contributed by atoms with Crippen molar-refractivity contribution in [2.45, 2.75) is 30.9 Å². The molecule has 0 aliphatic carbocycles. The van der Waals surface area contributed by atoms with Gasteiger partial charge in [0.15, 0.2) is 0 Å². The molecule has 2 N–H and O–H groups in total. The predicted molar refractivity (Wildman–Crippen MR) is 81.5 cm³/mol. The Balaban J connectivity index is 2.49. The molecule has 0 fully saturated rings. The molecule has 2 unspecified atom stereocenters. The monoisotopic (exact) mass is 281 g/mol. The van der Waals surface area contributed by atoms with Crippen LogP contribution in [-0.4, -0.2) is 35.7 Å². The highest BCUT2D eigenvalue weighted by Crippen LogP contribution is 2.18. The molecule has 0 bridgehead atoms. The van der Waals surface area contributed by atoms with Gasteiger partial charge >= 0.3 is 0 Å². The summed E-state index contributed by atoms with van der Waals surface area (Å²) in [5.41, 5.74) is 1.16. The van der Waals surface area contributed by atoms with Crippen LogP contribution in [0.25, 0.3) is 0 Å². The van der Waals surface area contributed by atoms with Crippen LogP contribution in [0.5, 0.6) is 0 Å². The lowest BCUT2D eigenvalue weighted by Gasteiger charge is -2.17. The average Bonchev–Trinajstić information content (AvgIpc) is 2.44. The molecule has 1 aromatic carbocycles. The van der Waals surface area contributed by atoms with Gasteiger partial charge < -0.3 is 10.4 Å². The molecule has 0 aromatic heterocycles. The number of nitrogens with one attached hydrogen (secondary N) is 1. The number of rotatable bonds is 8. The lowest BCUT2D eigenvalue weighted by molar-refractivity contribution is -0.121. The number of carbonyl (C=O) groups is 1. The summed E-state index contributed by atoms with van der Waals surface area (Å²) >= 11 is 1.69. The van der Waals surface area contributed by atoms with E-state index >= 15 is 0 Å². The van der Waals surface area contributed by atoms with E-state index in [9.17, 15) is 4.79 Å². The van der Waals surface area contributed by atoms with Crippen LogP contribution in [0.1, 0.15) is 31.2 Å². The Morgan fingerprint density at radius 3 is 2.63 bits per heavy atom. The van der Waals surface area contributed by atoms with Gasteiger partial charge in [0.05, 0.1) is 0 Å². The van der Waals surface area contributed by atoms with E-state index in [-0.39, 0.29) is 18.4 Å². The summed E-state index contributed by atoms with van der Waals surface area (Å²) in [6, 6.07) is 10.0. The lowest BCUT2D eigenvalue weighted by atomic mass is 9.96. The Bertz CT molecular complexity index is 370. The summed E-state index contributed by atoms with van der Waals surface area (Å²) in [5.74, 6) is 0.264. The van der Waals surface area contributed by atoms with Gasteiger partial charge in [0.25, 0.3) is 0 Å². The second-order valence-electron chi connectivity index (χ2n) is 4.67. The van der Waals surface area contributed by atoms with Crippen molar-refractivity contribution in [2.24, 2.45) is 0 Å². The highest BCUT2D eigenvalue weighted by molar-refractivity contribution is 7.99. The molecule has 3 nitrogen and oxygen atoms in total. The summed E-state index contributed by atoms with van der Waals surface area (Å²) < 4.78 is 0. The van der Waals surface area contributed by atoms with E-state index in [1.54, 1.807) is 11.8 Å². The number of thioether (sulfide) groups is 1. The maximum absolute atomic E-state index is 11.8. The molecule has 106 valence electrons. The molecule has 0 heterocycles. The summed E-state index contributed by atoms with van der Waals surface area (Å²) in [6.07, 6.45) is 3.22. The van der Waals surface area contributed by atoms with Crippen LogP contribution in [0, 0.1) is 0 Å². The second kappa shape index (κ2) is 8.99. The van der Waals surface area contributed by atoms with Gasteiger partial charge in [-0.2, -0.15) is 11.8 Å². The molecule has 0 aliphatic heterocycles. The van der Waals surface area contributed by atoms with Crippen LogP contribution in [0.15, 0.2) is 30.3 Å². The molecule has 4 heteroatoms. The van der Waals surface area contributed by atoms with Gasteiger partial charge in [-0.15, -0.1) is 0 Å². The molecule has 0 radical (unpaired) electrons. The molecule has 0 saturated carbocycles. The standard InChI is InChI=1S/C15H23NO2S/c1-12(19-2)10-15(18)16-11-14(8-9-17)13-6-4-3-5-7-13/h3-7,12,14,17H,8-11H2,1-2H3,(H,16,18). The van der Waals surface area contributed by atoms with Crippen LogP contribution in [0.3, 0.4) is 0 Å². The SMILES string of the molecule is CSC(C)CC(=O)NCC(CCO)c1ccccc1. The first kappa shape index (κ1) is 16.1. The Labute approximate surface area is 119 Å². The third-order valence-electron chi connectivity index (χ3n) is 3.17. The number of hydrogen-bond acceptors (Lipinski definition) is 3. The second-order valence-corrected chi connectivity index (χ2v) is 5.95. The third kappa shape index (κ3) is 6.12. The zero-order valence-corrected chi connectivity index (χ0v) is 12.5. The average molecular weight is 281 g/mol. The largest absolute Gasteiger partial charge is 0.396 e. The van der Waals surface area contributed by atoms with E-state index < -0.39 is 0 Å². The van der Waals surface area contributed by atoms with Crippen LogP contribution in [0.2, 0.25) is 0 Å². The number of amides is 1. The molecule has 0 aliphatic rings. The molecule has 0 saturated heterocycles. The minimum absolute atomic E-state index is 0.0840. The molecule has 19 heavy (non-hydrogen) atoms. The van der Waals surface area contributed by atoms with Crippen molar-refractivity contribution in [3.8, 4) is 0 Å². The zero-order valence-electron chi connectivity index (χ0n) is 11.6. The van der Waals surface area contributed by atoms with Crippen LogP contribution in [-0.2, 0) is 4.79 Å². The van der Waals surface area contributed by atoms with Gasteiger partial charge in [-0.1, -0.05) is 37.3 Å². The summed E-state index contributed by atoms with van der Waals surface area (Å²) in [6.45, 7) is 2.77. The van der Waals surface area contributed by atoms with Crippen molar-refractivity contribution in [2.75, 3.05) is 19.4 Å². The predicted octanol–water partition coefficient (Wildman–Crippen LogP) is 2.41. The smallest absolute Gasteiger partial charge is 0.221 e. The van der Waals surface area contributed by atoms with Crippen molar-refractivity contribution < 1.29 is 9.90 Å². The minimum Gasteiger partial charge on any atom is -0.396 e. The van der Waals surface area contributed by atoms with Crippen molar-refractivity contribution >= 4 is 17.7 Å². The Hall–Kier alpha value is -1.00. The van der Waals surface area contributed by atoms with Gasteiger partial charge in [0.2, 0.25) is 5.91 Å². The number of aliphatic hydroxyl groups excluding tert-OH is 1. The Morgan fingerprint density at radius 2 is 2.05 bits per heavy atom. The Morgan fingerprint density at radius 1 is 1.37 bits per heavy atom. The van der Waals surface area contributed by atoms with Crippen molar-refractivity contribution in [1.29, 1.82) is 0 Å². The fraction of sp³-hybridized carbons (Fsp3) is 0.533. The van der Waals surface area contributed by atoms with Gasteiger partial charge in [-0.3, -0.25) is 4.79 Å². The van der Waals surface area contributed by atoms with E-state index in [4.69, 9.17) is 5.11 Å². The highest BCUT2D eigenvalue weighted by atomic mass is 32.2. The van der Waals surface area contributed by atoms with Crippen molar-refractivity contribution in [3.63, 3.8) is 0 Å². The molecule has 1 rings (SSSR count). The summed E-state index contributed by atoms with van der Waals surface area (Å²) in [7, 11) is 0. The first-order chi connectivity index (χ1) is 9.17. The van der Waals surface area contributed by atoms with Gasteiger partial charge in [0.1, 0.15) is 0 Å². The lowest BCUT2D eigenvalue weighted by Crippen LogP contribution is -2.30. The molecule has 1 aromatic rings. The quantitative estimate of drug-likeness (QED) is 0.769. The van der Waals surface area contributed by atoms with Gasteiger partial charge in [0, 0.05) is 30.7 Å². The van der Waals surface area contributed by atoms with E-state index in [2.05, 4.69) is 5.32 Å². The summed E-state index contributed by atoms with van der Waals surface area (Å²) in [5, 5.41) is 12.4. The number of aliphatic hydroxyl groups is 1. The highest BCUT2D eigenvalue weighted by Gasteiger charge is 2.13. The third-order valence-corrected chi connectivity index (χ3v) is 4.14. The zero-order chi connectivity index (χ0) is 14.1. The fourth-order valence-electron chi connectivity index (χ4n) is 1.92. The number of benzene rings is 1. The van der Waals surface area contributed by atoms with Crippen molar-refractivity contribution in [1.82, 2.24) is 5.32 Å². The molecule has 1 amide bonds.